The molecule has 3 rings (SSSR count). The van der Waals surface area contributed by atoms with Crippen LogP contribution in [0.2, 0.25) is 0 Å². The monoisotopic (exact) mass is 410 g/mol. The number of rotatable bonds is 10. The van der Waals surface area contributed by atoms with Crippen molar-refractivity contribution in [1.82, 2.24) is 0 Å². The van der Waals surface area contributed by atoms with E-state index in [0.717, 1.165) is 42.4 Å². The number of aryl methyl sites for hydroxylation is 1. The maximum atomic E-state index is 14.3. The Kier molecular flexibility index (Phi) is 7.83. The quantitative estimate of drug-likeness (QED) is 0.323. The number of unbranched alkanes of at least 4 members (excludes halogenated alkanes) is 3. The molecule has 0 heterocycles. The zero-order valence-electron chi connectivity index (χ0n) is 17.6. The van der Waals surface area contributed by atoms with Crippen LogP contribution in [0.1, 0.15) is 43.7 Å². The van der Waals surface area contributed by atoms with Gasteiger partial charge in [-0.3, -0.25) is 0 Å². The van der Waals surface area contributed by atoms with Gasteiger partial charge in [0.15, 0.2) is 11.5 Å². The van der Waals surface area contributed by atoms with E-state index in [1.807, 2.05) is 24.3 Å². The van der Waals surface area contributed by atoms with Gasteiger partial charge in [-0.2, -0.15) is 8.78 Å². The van der Waals surface area contributed by atoms with Crippen LogP contribution in [-0.2, 0) is 6.61 Å². The molecule has 0 amide bonds. The summed E-state index contributed by atoms with van der Waals surface area (Å²) in [5.41, 5.74) is 4.32. The third kappa shape index (κ3) is 5.82. The molecular formula is C26H28F2O2. The summed E-state index contributed by atoms with van der Waals surface area (Å²) in [6.45, 7) is 4.71. The highest BCUT2D eigenvalue weighted by Crippen LogP contribution is 2.28. The molecule has 0 saturated carbocycles. The zero-order valence-corrected chi connectivity index (χ0v) is 17.6. The molecule has 0 aromatic heterocycles. The Morgan fingerprint density at radius 2 is 1.23 bits per heavy atom. The summed E-state index contributed by atoms with van der Waals surface area (Å²) in [7, 11) is 0. The lowest BCUT2D eigenvalue weighted by atomic mass is 10.0. The van der Waals surface area contributed by atoms with Gasteiger partial charge >= 0.3 is 0 Å². The lowest BCUT2D eigenvalue weighted by molar-refractivity contribution is 0.266. The molecule has 3 aromatic rings. The molecule has 3 aromatic carbocycles. The minimum atomic E-state index is -1.02. The van der Waals surface area contributed by atoms with E-state index in [9.17, 15) is 8.78 Å². The van der Waals surface area contributed by atoms with Crippen LogP contribution >= 0.6 is 0 Å². The molecule has 0 aliphatic carbocycles. The maximum Gasteiger partial charge on any atom is 0.204 e. The Balaban J connectivity index is 1.57. The van der Waals surface area contributed by atoms with Crippen molar-refractivity contribution >= 4 is 0 Å². The lowest BCUT2D eigenvalue weighted by Crippen LogP contribution is -2.03. The molecule has 0 atom stereocenters. The average molecular weight is 411 g/mol. The molecule has 0 aliphatic heterocycles. The summed E-state index contributed by atoms with van der Waals surface area (Å²) >= 11 is 0. The third-order valence-electron chi connectivity index (χ3n) is 5.00. The van der Waals surface area contributed by atoms with Gasteiger partial charge in [0.2, 0.25) is 11.6 Å². The normalized spacial score (nSPS) is 10.8. The van der Waals surface area contributed by atoms with E-state index in [2.05, 4.69) is 38.1 Å². The smallest absolute Gasteiger partial charge is 0.204 e. The SMILES string of the molecule is CCCCCCOc1ccc(OCc2ccc(-c3ccc(C)cc3)cc2)c(F)c1F. The molecule has 4 heteroatoms. The van der Waals surface area contributed by atoms with Crippen molar-refractivity contribution in [2.24, 2.45) is 0 Å². The van der Waals surface area contributed by atoms with Gasteiger partial charge in [-0.1, -0.05) is 80.3 Å². The highest BCUT2D eigenvalue weighted by Gasteiger charge is 2.16. The molecular weight excluding hydrogens is 382 g/mol. The highest BCUT2D eigenvalue weighted by molar-refractivity contribution is 5.63. The average Bonchev–Trinajstić information content (AvgIpc) is 2.77. The first-order valence-electron chi connectivity index (χ1n) is 10.5. The first-order valence-corrected chi connectivity index (χ1v) is 10.5. The first kappa shape index (κ1) is 21.8. The summed E-state index contributed by atoms with van der Waals surface area (Å²) in [6.07, 6.45) is 4.07. The Morgan fingerprint density at radius 3 is 1.83 bits per heavy atom. The minimum Gasteiger partial charge on any atom is -0.490 e. The molecule has 0 aliphatic rings. The fourth-order valence-electron chi connectivity index (χ4n) is 3.15. The van der Waals surface area contributed by atoms with Crippen LogP contribution in [0.5, 0.6) is 11.5 Å². The van der Waals surface area contributed by atoms with Crippen LogP contribution in [-0.4, -0.2) is 6.61 Å². The zero-order chi connectivity index (χ0) is 21.3. The van der Waals surface area contributed by atoms with Gasteiger partial charge in [-0.05, 0) is 42.2 Å². The summed E-state index contributed by atoms with van der Waals surface area (Å²) < 4.78 is 39.5. The van der Waals surface area contributed by atoms with Gasteiger partial charge < -0.3 is 9.47 Å². The molecule has 0 unspecified atom stereocenters. The van der Waals surface area contributed by atoms with Crippen molar-refractivity contribution in [2.75, 3.05) is 6.61 Å². The highest BCUT2D eigenvalue weighted by atomic mass is 19.2. The molecule has 2 nitrogen and oxygen atoms in total. The molecule has 0 bridgehead atoms. The van der Waals surface area contributed by atoms with Crippen LogP contribution < -0.4 is 9.47 Å². The Hall–Kier alpha value is -2.88. The minimum absolute atomic E-state index is 0.0706. The predicted octanol–water partition coefficient (Wildman–Crippen LogP) is 7.48. The molecule has 0 saturated heterocycles. The third-order valence-corrected chi connectivity index (χ3v) is 5.00. The summed E-state index contributed by atoms with van der Waals surface area (Å²) in [6, 6.07) is 19.0. The van der Waals surface area contributed by atoms with Crippen molar-refractivity contribution in [3.8, 4) is 22.6 Å². The van der Waals surface area contributed by atoms with Gasteiger partial charge in [0.25, 0.3) is 0 Å². The molecule has 0 radical (unpaired) electrons. The fourth-order valence-corrected chi connectivity index (χ4v) is 3.15. The Labute approximate surface area is 177 Å². The van der Waals surface area contributed by atoms with Crippen LogP contribution in [0.25, 0.3) is 11.1 Å². The van der Waals surface area contributed by atoms with E-state index < -0.39 is 11.6 Å². The molecule has 0 N–H and O–H groups in total. The van der Waals surface area contributed by atoms with E-state index in [4.69, 9.17) is 9.47 Å². The standard InChI is InChI=1S/C26H28F2O2/c1-3-4-5-6-17-29-23-15-16-24(26(28)25(23)27)30-18-20-9-13-22(14-10-20)21-11-7-19(2)8-12-21/h7-16H,3-6,17-18H2,1-2H3. The number of benzene rings is 3. The van der Waals surface area contributed by atoms with Crippen molar-refractivity contribution in [2.45, 2.75) is 46.1 Å². The van der Waals surface area contributed by atoms with Crippen molar-refractivity contribution in [3.05, 3.63) is 83.4 Å². The van der Waals surface area contributed by atoms with E-state index in [0.29, 0.717) is 6.61 Å². The van der Waals surface area contributed by atoms with E-state index in [-0.39, 0.29) is 18.1 Å². The summed E-state index contributed by atoms with van der Waals surface area (Å²) in [5.74, 6) is -2.21. The van der Waals surface area contributed by atoms with Gasteiger partial charge in [0.05, 0.1) is 6.61 Å². The fraction of sp³-hybridized carbons (Fsp3) is 0.308. The van der Waals surface area contributed by atoms with E-state index >= 15 is 0 Å². The van der Waals surface area contributed by atoms with Crippen molar-refractivity contribution < 1.29 is 18.3 Å². The molecule has 0 spiro atoms. The van der Waals surface area contributed by atoms with Crippen molar-refractivity contribution in [3.63, 3.8) is 0 Å². The second-order valence-electron chi connectivity index (χ2n) is 7.45. The van der Waals surface area contributed by atoms with Gasteiger partial charge in [0, 0.05) is 0 Å². The van der Waals surface area contributed by atoms with Crippen LogP contribution in [0.3, 0.4) is 0 Å². The number of hydrogen-bond donors (Lipinski definition) is 0. The van der Waals surface area contributed by atoms with E-state index in [1.165, 1.54) is 17.7 Å². The number of ether oxygens (including phenoxy) is 2. The Bertz CT molecular complexity index is 934. The molecule has 158 valence electrons. The van der Waals surface area contributed by atoms with Gasteiger partial charge in [0.1, 0.15) is 6.61 Å². The van der Waals surface area contributed by atoms with Gasteiger partial charge in [-0.25, -0.2) is 0 Å². The predicted molar refractivity (Wildman–Crippen MR) is 117 cm³/mol. The van der Waals surface area contributed by atoms with Crippen LogP contribution in [0.15, 0.2) is 60.7 Å². The Morgan fingerprint density at radius 1 is 0.667 bits per heavy atom. The lowest BCUT2D eigenvalue weighted by Gasteiger charge is -2.12. The van der Waals surface area contributed by atoms with Crippen LogP contribution in [0, 0.1) is 18.6 Å². The van der Waals surface area contributed by atoms with Crippen LogP contribution in [0.4, 0.5) is 8.78 Å². The van der Waals surface area contributed by atoms with Crippen molar-refractivity contribution in [1.29, 1.82) is 0 Å². The first-order chi connectivity index (χ1) is 14.6. The molecule has 30 heavy (non-hydrogen) atoms. The maximum absolute atomic E-state index is 14.3. The second kappa shape index (κ2) is 10.8. The largest absolute Gasteiger partial charge is 0.490 e. The number of hydrogen-bond acceptors (Lipinski definition) is 2. The summed E-state index contributed by atoms with van der Waals surface area (Å²) in [5, 5.41) is 0. The second-order valence-corrected chi connectivity index (χ2v) is 7.45. The molecule has 0 fully saturated rings. The summed E-state index contributed by atoms with van der Waals surface area (Å²) in [4.78, 5) is 0. The van der Waals surface area contributed by atoms with E-state index in [1.54, 1.807) is 0 Å². The topological polar surface area (TPSA) is 18.5 Å². The van der Waals surface area contributed by atoms with Gasteiger partial charge in [-0.15, -0.1) is 0 Å². The number of halogens is 2.